The van der Waals surface area contributed by atoms with Crippen LogP contribution in [-0.2, 0) is 21.6 Å². The molecule has 0 bridgehead atoms. The Balaban J connectivity index is 1.80. The van der Waals surface area contributed by atoms with Crippen LogP contribution in [0.1, 0.15) is 32.4 Å². The van der Waals surface area contributed by atoms with Gasteiger partial charge in [-0.1, -0.05) is 5.21 Å². The van der Waals surface area contributed by atoms with Gasteiger partial charge in [-0.25, -0.2) is 4.68 Å². The molecule has 2 rings (SSSR count). The lowest BCUT2D eigenvalue weighted by Crippen LogP contribution is -2.34. The van der Waals surface area contributed by atoms with Gasteiger partial charge in [0.25, 0.3) is 0 Å². The Morgan fingerprint density at radius 3 is 3.05 bits per heavy atom. The Kier molecular flexibility index (Phi) is 4.16. The molecule has 1 aliphatic heterocycles. The number of amides is 1. The van der Waals surface area contributed by atoms with Gasteiger partial charge in [0.05, 0.1) is 17.8 Å². The number of hydrogen-bond donors (Lipinski definition) is 2. The summed E-state index contributed by atoms with van der Waals surface area (Å²) in [5.74, 6) is -0.0956. The highest BCUT2D eigenvalue weighted by molar-refractivity contribution is 5.75. The fourth-order valence-corrected chi connectivity index (χ4v) is 1.91. The molecule has 1 unspecified atom stereocenters. The van der Waals surface area contributed by atoms with E-state index in [4.69, 9.17) is 10.5 Å². The summed E-state index contributed by atoms with van der Waals surface area (Å²) in [5.41, 5.74) is 6.03. The largest absolute Gasteiger partial charge is 0.376 e. The van der Waals surface area contributed by atoms with Gasteiger partial charge in [-0.05, 0) is 26.7 Å². The van der Waals surface area contributed by atoms with E-state index in [1.807, 2.05) is 13.8 Å². The zero-order valence-corrected chi connectivity index (χ0v) is 11.4. The number of carbonyl (C=O) groups excluding carboxylic acids is 1. The van der Waals surface area contributed by atoms with Crippen LogP contribution in [0.5, 0.6) is 0 Å². The Hall–Kier alpha value is -1.47. The van der Waals surface area contributed by atoms with Gasteiger partial charge >= 0.3 is 0 Å². The van der Waals surface area contributed by atoms with Gasteiger partial charge in [-0.15, -0.1) is 5.10 Å². The third-order valence-corrected chi connectivity index (χ3v) is 3.06. The molecule has 1 aromatic heterocycles. The average Bonchev–Trinajstić information content (AvgIpc) is 2.95. The Morgan fingerprint density at radius 2 is 2.47 bits per heavy atom. The van der Waals surface area contributed by atoms with E-state index in [2.05, 4.69) is 15.6 Å². The number of carbonyl (C=O) groups is 1. The first kappa shape index (κ1) is 14.0. The van der Waals surface area contributed by atoms with E-state index in [0.717, 1.165) is 19.4 Å². The summed E-state index contributed by atoms with van der Waals surface area (Å²) in [4.78, 5) is 11.7. The molecule has 0 aliphatic carbocycles. The summed E-state index contributed by atoms with van der Waals surface area (Å²) < 4.78 is 6.93. The summed E-state index contributed by atoms with van der Waals surface area (Å²) in [7, 11) is 0. The Morgan fingerprint density at radius 1 is 1.68 bits per heavy atom. The van der Waals surface area contributed by atoms with Gasteiger partial charge in [-0.3, -0.25) is 4.79 Å². The van der Waals surface area contributed by atoms with Gasteiger partial charge in [-0.2, -0.15) is 0 Å². The maximum Gasteiger partial charge on any atom is 0.241 e. The zero-order valence-electron chi connectivity index (χ0n) is 11.4. The van der Waals surface area contributed by atoms with Crippen LogP contribution in [0.25, 0.3) is 0 Å². The van der Waals surface area contributed by atoms with Crippen LogP contribution in [0.2, 0.25) is 0 Å². The molecule has 0 saturated carbocycles. The van der Waals surface area contributed by atoms with Gasteiger partial charge in [0.1, 0.15) is 12.2 Å². The van der Waals surface area contributed by atoms with Crippen molar-refractivity contribution in [3.8, 4) is 0 Å². The normalized spacial score (nSPS) is 19.6. The molecule has 1 aliphatic rings. The maximum atomic E-state index is 11.7. The van der Waals surface area contributed by atoms with Crippen molar-refractivity contribution in [2.75, 3.05) is 13.2 Å². The van der Waals surface area contributed by atoms with E-state index in [0.29, 0.717) is 12.2 Å². The molecule has 1 aromatic rings. The molecule has 7 nitrogen and oxygen atoms in total. The average molecular weight is 267 g/mol. The Bertz CT molecular complexity index is 432. The lowest BCUT2D eigenvalue weighted by molar-refractivity contribution is -0.122. The molecule has 0 aromatic carbocycles. The third-order valence-electron chi connectivity index (χ3n) is 3.06. The van der Waals surface area contributed by atoms with E-state index in [1.165, 1.54) is 4.68 Å². The van der Waals surface area contributed by atoms with Gasteiger partial charge in [0.2, 0.25) is 5.91 Å². The SMILES string of the molecule is CC(C)(N)c1cn(CC(=O)NCC2CCCO2)nn1. The molecule has 0 radical (unpaired) electrons. The summed E-state index contributed by atoms with van der Waals surface area (Å²) >= 11 is 0. The number of aromatic nitrogens is 3. The molecule has 7 heteroatoms. The first-order valence-corrected chi connectivity index (χ1v) is 6.53. The van der Waals surface area contributed by atoms with Crippen LogP contribution in [-0.4, -0.2) is 40.2 Å². The predicted molar refractivity (Wildman–Crippen MR) is 69.2 cm³/mol. The number of ether oxygens (including phenoxy) is 1. The minimum Gasteiger partial charge on any atom is -0.376 e. The van der Waals surface area contributed by atoms with Crippen molar-refractivity contribution in [1.82, 2.24) is 20.3 Å². The van der Waals surface area contributed by atoms with E-state index in [1.54, 1.807) is 6.20 Å². The van der Waals surface area contributed by atoms with Crippen molar-refractivity contribution >= 4 is 5.91 Å². The van der Waals surface area contributed by atoms with Crippen molar-refractivity contribution < 1.29 is 9.53 Å². The lowest BCUT2D eigenvalue weighted by atomic mass is 10.0. The van der Waals surface area contributed by atoms with E-state index in [9.17, 15) is 4.79 Å². The second kappa shape index (κ2) is 5.66. The summed E-state index contributed by atoms with van der Waals surface area (Å²) in [6.07, 6.45) is 3.93. The molecule has 1 atom stereocenters. The van der Waals surface area contributed by atoms with Crippen LogP contribution in [0.15, 0.2) is 6.20 Å². The molecular formula is C12H21N5O2. The van der Waals surface area contributed by atoms with Crippen LogP contribution < -0.4 is 11.1 Å². The molecule has 3 N–H and O–H groups in total. The van der Waals surface area contributed by atoms with E-state index in [-0.39, 0.29) is 18.6 Å². The number of hydrogen-bond acceptors (Lipinski definition) is 5. The minimum atomic E-state index is -0.549. The highest BCUT2D eigenvalue weighted by atomic mass is 16.5. The van der Waals surface area contributed by atoms with Crippen molar-refractivity contribution in [2.24, 2.45) is 5.73 Å². The number of rotatable bonds is 5. The standard InChI is InChI=1S/C12H21N5O2/c1-12(2,13)10-7-17(16-15-10)8-11(18)14-6-9-4-3-5-19-9/h7,9H,3-6,8,13H2,1-2H3,(H,14,18). The highest BCUT2D eigenvalue weighted by Crippen LogP contribution is 2.12. The van der Waals surface area contributed by atoms with Gasteiger partial charge in [0.15, 0.2) is 0 Å². The van der Waals surface area contributed by atoms with Crippen molar-refractivity contribution in [3.05, 3.63) is 11.9 Å². The topological polar surface area (TPSA) is 95.1 Å². The fraction of sp³-hybridized carbons (Fsp3) is 0.750. The number of nitrogens with zero attached hydrogens (tertiary/aromatic N) is 3. The van der Waals surface area contributed by atoms with Crippen molar-refractivity contribution in [3.63, 3.8) is 0 Å². The molecule has 106 valence electrons. The van der Waals surface area contributed by atoms with Crippen LogP contribution >= 0.6 is 0 Å². The summed E-state index contributed by atoms with van der Waals surface area (Å²) in [6.45, 7) is 5.19. The summed E-state index contributed by atoms with van der Waals surface area (Å²) in [6, 6.07) is 0. The van der Waals surface area contributed by atoms with Crippen LogP contribution in [0, 0.1) is 0 Å². The number of nitrogens with one attached hydrogen (secondary N) is 1. The molecule has 1 amide bonds. The fourth-order valence-electron chi connectivity index (χ4n) is 1.91. The molecule has 1 saturated heterocycles. The summed E-state index contributed by atoms with van der Waals surface area (Å²) in [5, 5.41) is 10.7. The van der Waals surface area contributed by atoms with Gasteiger partial charge in [0, 0.05) is 13.2 Å². The lowest BCUT2D eigenvalue weighted by Gasteiger charge is -2.13. The maximum absolute atomic E-state index is 11.7. The third kappa shape index (κ3) is 4.00. The van der Waals surface area contributed by atoms with E-state index >= 15 is 0 Å². The van der Waals surface area contributed by atoms with E-state index < -0.39 is 5.54 Å². The van der Waals surface area contributed by atoms with Crippen LogP contribution in [0.3, 0.4) is 0 Å². The molecule has 0 spiro atoms. The monoisotopic (exact) mass is 267 g/mol. The zero-order chi connectivity index (χ0) is 13.9. The highest BCUT2D eigenvalue weighted by Gasteiger charge is 2.19. The second-order valence-corrected chi connectivity index (χ2v) is 5.46. The van der Waals surface area contributed by atoms with Gasteiger partial charge < -0.3 is 15.8 Å². The van der Waals surface area contributed by atoms with Crippen molar-refractivity contribution in [2.45, 2.75) is 44.9 Å². The predicted octanol–water partition coefficient (Wildman–Crippen LogP) is -0.233. The first-order valence-electron chi connectivity index (χ1n) is 6.53. The second-order valence-electron chi connectivity index (χ2n) is 5.46. The molecule has 2 heterocycles. The smallest absolute Gasteiger partial charge is 0.241 e. The molecular weight excluding hydrogens is 246 g/mol. The Labute approximate surface area is 112 Å². The van der Waals surface area contributed by atoms with Crippen LogP contribution in [0.4, 0.5) is 0 Å². The van der Waals surface area contributed by atoms with Crippen molar-refractivity contribution in [1.29, 1.82) is 0 Å². The minimum absolute atomic E-state index is 0.0956. The quantitative estimate of drug-likeness (QED) is 0.768. The molecule has 19 heavy (non-hydrogen) atoms. The molecule has 1 fully saturated rings. The first-order chi connectivity index (χ1) is 8.95. The number of nitrogens with two attached hydrogens (primary N) is 1.